The van der Waals surface area contributed by atoms with Crippen molar-refractivity contribution in [2.24, 2.45) is 5.92 Å². The summed E-state index contributed by atoms with van der Waals surface area (Å²) >= 11 is 0. The fraction of sp³-hybridized carbons (Fsp3) is 0.167. The Morgan fingerprint density at radius 1 is 0.455 bits per heavy atom. The summed E-state index contributed by atoms with van der Waals surface area (Å²) in [6.45, 7) is 10.0. The quantitative estimate of drug-likeness (QED) is 0.239. The molecule has 172 valence electrons. The van der Waals surface area contributed by atoms with Crippen LogP contribution in [0.5, 0.6) is 0 Å². The van der Waals surface area contributed by atoms with Gasteiger partial charge in [-0.1, -0.05) is 169 Å². The molecule has 33 heavy (non-hydrogen) atoms. The number of hydrogen-bond donors (Lipinski definition) is 0. The molecule has 0 aromatic heterocycles. The van der Waals surface area contributed by atoms with Crippen molar-refractivity contribution in [3.05, 3.63) is 126 Å². The van der Waals surface area contributed by atoms with E-state index in [1.54, 1.807) is 5.16 Å². The van der Waals surface area contributed by atoms with E-state index in [1.807, 2.05) is 0 Å². The zero-order valence-corrected chi connectivity index (χ0v) is 22.9. The van der Waals surface area contributed by atoms with Crippen LogP contribution < -0.4 is 20.7 Å². The molecule has 0 aliphatic heterocycles. The first-order valence-corrected chi connectivity index (χ1v) is 16.6. The zero-order valence-electron chi connectivity index (χ0n) is 19.9. The summed E-state index contributed by atoms with van der Waals surface area (Å²) in [5.74, 6) is 0.476. The van der Waals surface area contributed by atoms with Crippen LogP contribution in [0.2, 0.25) is 13.1 Å². The van der Waals surface area contributed by atoms with Crippen molar-refractivity contribution < 1.29 is 17.1 Å². The largest absolute Gasteiger partial charge is 1.00 e. The van der Waals surface area contributed by atoms with Crippen molar-refractivity contribution in [1.29, 1.82) is 0 Å². The summed E-state index contributed by atoms with van der Waals surface area (Å²) < 4.78 is 0. The molecule has 0 nitrogen and oxygen atoms in total. The van der Waals surface area contributed by atoms with Crippen molar-refractivity contribution in [3.63, 3.8) is 0 Å². The van der Waals surface area contributed by atoms with E-state index in [-0.39, 0.29) is 17.1 Å². The standard InChI is InChI=1S/C30H33Si2.Cu/c1-25(2)30(31(3,26-17-9-5-10-18-26)27-19-11-6-12-20-27)32(4,28-21-13-7-14-22-28)29-23-15-8-16-24-29;/h5-25H,1-4H3;/q-1;+1. The Kier molecular flexibility index (Phi) is 8.36. The van der Waals surface area contributed by atoms with Crippen LogP contribution >= 0.6 is 0 Å². The number of hydrogen-bond acceptors (Lipinski definition) is 0. The van der Waals surface area contributed by atoms with Gasteiger partial charge in [-0.25, -0.2) is 0 Å². The molecular formula is C30H33CuSi2. The molecule has 0 fully saturated rings. The van der Waals surface area contributed by atoms with E-state index in [9.17, 15) is 0 Å². The van der Waals surface area contributed by atoms with Crippen molar-refractivity contribution in [1.82, 2.24) is 0 Å². The summed E-state index contributed by atoms with van der Waals surface area (Å²) in [6, 6.07) is 45.2. The maximum absolute atomic E-state index is 2.59. The van der Waals surface area contributed by atoms with E-state index >= 15 is 0 Å². The predicted molar refractivity (Wildman–Crippen MR) is 146 cm³/mol. The summed E-state index contributed by atoms with van der Waals surface area (Å²) in [7, 11) is -4.43. The normalized spacial score (nSPS) is 11.9. The van der Waals surface area contributed by atoms with Gasteiger partial charge in [-0.05, 0) is 16.1 Å². The smallest absolute Gasteiger partial charge is 0.292 e. The van der Waals surface area contributed by atoms with Crippen LogP contribution in [0, 0.1) is 11.1 Å². The first kappa shape index (κ1) is 25.5. The van der Waals surface area contributed by atoms with Crippen molar-refractivity contribution >= 4 is 36.9 Å². The molecule has 0 aliphatic rings. The molecule has 0 radical (unpaired) electrons. The molecule has 0 unspecified atom stereocenters. The first-order valence-electron chi connectivity index (χ1n) is 11.6. The van der Waals surface area contributed by atoms with Gasteiger partial charge >= 0.3 is 17.1 Å². The Hall–Kier alpha value is -2.17. The zero-order chi connectivity index (χ0) is 22.6. The second-order valence-corrected chi connectivity index (χ2v) is 17.7. The van der Waals surface area contributed by atoms with Gasteiger partial charge in [0.2, 0.25) is 0 Å². The third kappa shape index (κ3) is 4.74. The third-order valence-corrected chi connectivity index (χ3v) is 19.3. The van der Waals surface area contributed by atoms with Crippen LogP contribution in [-0.2, 0) is 17.1 Å². The van der Waals surface area contributed by atoms with Gasteiger partial charge in [-0.3, -0.25) is 5.16 Å². The van der Waals surface area contributed by atoms with Gasteiger partial charge in [0, 0.05) is 0 Å². The Labute approximate surface area is 212 Å². The fourth-order valence-corrected chi connectivity index (χ4v) is 19.1. The molecule has 0 spiro atoms. The van der Waals surface area contributed by atoms with Gasteiger partial charge in [-0.2, -0.15) is 5.92 Å². The van der Waals surface area contributed by atoms with Gasteiger partial charge in [-0.15, -0.1) is 0 Å². The summed E-state index contributed by atoms with van der Waals surface area (Å²) in [5.41, 5.74) is 0. The summed E-state index contributed by atoms with van der Waals surface area (Å²) in [5, 5.41) is 7.78. The number of rotatable bonds is 7. The average molecular weight is 513 g/mol. The Balaban J connectivity index is 0.00000306. The van der Waals surface area contributed by atoms with E-state index in [2.05, 4.69) is 148 Å². The van der Waals surface area contributed by atoms with E-state index in [1.165, 1.54) is 20.7 Å². The molecule has 0 N–H and O–H groups in total. The first-order chi connectivity index (χ1) is 15.5. The molecule has 0 saturated carbocycles. The minimum absolute atomic E-state index is 0. The average Bonchev–Trinajstić information content (AvgIpc) is 2.86. The maximum atomic E-state index is 2.59. The van der Waals surface area contributed by atoms with Crippen LogP contribution in [0.3, 0.4) is 0 Å². The fourth-order valence-electron chi connectivity index (χ4n) is 5.70. The third-order valence-electron chi connectivity index (χ3n) is 7.06. The molecule has 0 amide bonds. The van der Waals surface area contributed by atoms with E-state index < -0.39 is 16.1 Å². The molecule has 0 bridgehead atoms. The van der Waals surface area contributed by atoms with Gasteiger partial charge in [0.1, 0.15) is 0 Å². The molecule has 0 atom stereocenters. The molecule has 4 aromatic carbocycles. The van der Waals surface area contributed by atoms with Crippen LogP contribution in [-0.4, -0.2) is 16.1 Å². The SMILES string of the molecule is CC(C)[C-]([Si](C)(c1ccccc1)c1ccccc1)[Si](C)(c1ccccc1)c1ccccc1.[Cu+]. The van der Waals surface area contributed by atoms with Crippen LogP contribution in [0.15, 0.2) is 121 Å². The van der Waals surface area contributed by atoms with Crippen molar-refractivity contribution in [3.8, 4) is 0 Å². The van der Waals surface area contributed by atoms with Crippen LogP contribution in [0.25, 0.3) is 0 Å². The Morgan fingerprint density at radius 2 is 0.667 bits per heavy atom. The second-order valence-electron chi connectivity index (χ2n) is 9.28. The second kappa shape index (κ2) is 10.8. The van der Waals surface area contributed by atoms with Gasteiger partial charge < -0.3 is 0 Å². The van der Waals surface area contributed by atoms with E-state index in [0.29, 0.717) is 5.92 Å². The van der Waals surface area contributed by atoms with Gasteiger partial charge in [0.15, 0.2) is 0 Å². The Morgan fingerprint density at radius 3 is 0.848 bits per heavy atom. The summed E-state index contributed by atoms with van der Waals surface area (Å²) in [6.07, 6.45) is 0. The van der Waals surface area contributed by atoms with E-state index in [4.69, 9.17) is 0 Å². The molecule has 0 aliphatic carbocycles. The Bertz CT molecular complexity index is 945. The monoisotopic (exact) mass is 512 g/mol. The van der Waals surface area contributed by atoms with Crippen LogP contribution in [0.1, 0.15) is 13.8 Å². The minimum Gasteiger partial charge on any atom is -0.292 e. The van der Waals surface area contributed by atoms with E-state index in [0.717, 1.165) is 0 Å². The maximum Gasteiger partial charge on any atom is 1.00 e. The van der Waals surface area contributed by atoms with Gasteiger partial charge in [0.25, 0.3) is 0 Å². The predicted octanol–water partition coefficient (Wildman–Crippen LogP) is 5.08. The number of benzene rings is 4. The molecular weight excluding hydrogens is 480 g/mol. The molecule has 0 heterocycles. The molecule has 0 saturated heterocycles. The van der Waals surface area contributed by atoms with Crippen LogP contribution in [0.4, 0.5) is 0 Å². The van der Waals surface area contributed by atoms with Crippen molar-refractivity contribution in [2.75, 3.05) is 0 Å². The molecule has 4 rings (SSSR count). The van der Waals surface area contributed by atoms with Gasteiger partial charge in [0.05, 0.1) is 0 Å². The molecule has 4 aromatic rings. The minimum atomic E-state index is -2.22. The molecule has 3 heteroatoms. The van der Waals surface area contributed by atoms with Crippen molar-refractivity contribution in [2.45, 2.75) is 26.9 Å². The summed E-state index contributed by atoms with van der Waals surface area (Å²) in [4.78, 5) is 0. The topological polar surface area (TPSA) is 0 Å².